The number of carbonyl (C=O) groups excluding carboxylic acids is 2. The molecule has 0 saturated heterocycles. The smallest absolute Gasteiger partial charge is 0.275 e. The molecule has 31 heavy (non-hydrogen) atoms. The first-order valence-corrected chi connectivity index (χ1v) is 11.2. The van der Waals surface area contributed by atoms with Gasteiger partial charge in [0.15, 0.2) is 0 Å². The van der Waals surface area contributed by atoms with Crippen molar-refractivity contribution in [3.63, 3.8) is 0 Å². The Hall–Kier alpha value is -2.95. The molecule has 2 amide bonds. The Kier molecular flexibility index (Phi) is 5.69. The molecule has 0 aromatic heterocycles. The Morgan fingerprint density at radius 2 is 1.58 bits per heavy atom. The van der Waals surface area contributed by atoms with Crippen LogP contribution in [0.2, 0.25) is 0 Å². The molecule has 1 aliphatic carbocycles. The van der Waals surface area contributed by atoms with Gasteiger partial charge in [0.1, 0.15) is 17.9 Å². The first kappa shape index (κ1) is 21.3. The number of anilines is 1. The van der Waals surface area contributed by atoms with Gasteiger partial charge in [0, 0.05) is 11.3 Å². The Balaban J connectivity index is 1.60. The number of carbonyl (C=O) groups is 2. The lowest BCUT2D eigenvalue weighted by molar-refractivity contribution is -0.134. The maximum atomic E-state index is 13.4. The quantitative estimate of drug-likeness (QED) is 0.773. The Bertz CT molecular complexity index is 1020. The summed E-state index contributed by atoms with van der Waals surface area (Å²) < 4.78 is 0. The second-order valence-corrected chi connectivity index (χ2v) is 9.08. The number of hydrogen-bond donors (Lipinski definition) is 1. The lowest BCUT2D eigenvalue weighted by Gasteiger charge is -2.38. The molecule has 5 heteroatoms. The van der Waals surface area contributed by atoms with Crippen molar-refractivity contribution in [2.24, 2.45) is 4.99 Å². The van der Waals surface area contributed by atoms with Crippen molar-refractivity contribution in [2.75, 3.05) is 11.9 Å². The summed E-state index contributed by atoms with van der Waals surface area (Å²) in [5.74, 6) is -0.313. The van der Waals surface area contributed by atoms with E-state index >= 15 is 0 Å². The predicted molar refractivity (Wildman–Crippen MR) is 125 cm³/mol. The van der Waals surface area contributed by atoms with Crippen LogP contribution in [-0.4, -0.2) is 34.6 Å². The molecule has 1 heterocycles. The SMILES string of the molecule is Cc1ccc(C2=NC3(CCCCC3)N(CC(=O)Nc3c(C)cc(C)cc3C)C2=O)cc1. The molecular formula is C26H31N3O2. The summed E-state index contributed by atoms with van der Waals surface area (Å²) in [5, 5.41) is 3.05. The fourth-order valence-corrected chi connectivity index (χ4v) is 4.95. The van der Waals surface area contributed by atoms with E-state index in [1.54, 1.807) is 4.90 Å². The summed E-state index contributed by atoms with van der Waals surface area (Å²) >= 11 is 0. The third-order valence-electron chi connectivity index (χ3n) is 6.49. The van der Waals surface area contributed by atoms with Gasteiger partial charge < -0.3 is 10.2 Å². The summed E-state index contributed by atoms with van der Waals surface area (Å²) in [7, 11) is 0. The van der Waals surface area contributed by atoms with E-state index in [0.717, 1.165) is 60.0 Å². The van der Waals surface area contributed by atoms with Crippen molar-refractivity contribution >= 4 is 23.2 Å². The molecule has 0 atom stereocenters. The van der Waals surface area contributed by atoms with E-state index in [4.69, 9.17) is 4.99 Å². The fraction of sp³-hybridized carbons (Fsp3) is 0.423. The van der Waals surface area contributed by atoms with Crippen molar-refractivity contribution in [3.8, 4) is 0 Å². The first-order valence-electron chi connectivity index (χ1n) is 11.2. The van der Waals surface area contributed by atoms with Gasteiger partial charge in [-0.2, -0.15) is 0 Å². The van der Waals surface area contributed by atoms with E-state index in [1.165, 1.54) is 5.56 Å². The van der Waals surface area contributed by atoms with Gasteiger partial charge in [-0.15, -0.1) is 0 Å². The van der Waals surface area contributed by atoms with Gasteiger partial charge >= 0.3 is 0 Å². The molecular weight excluding hydrogens is 386 g/mol. The van der Waals surface area contributed by atoms with Crippen molar-refractivity contribution < 1.29 is 9.59 Å². The van der Waals surface area contributed by atoms with Gasteiger partial charge in [-0.25, -0.2) is 0 Å². The van der Waals surface area contributed by atoms with Crippen molar-refractivity contribution in [1.29, 1.82) is 0 Å². The van der Waals surface area contributed by atoms with Crippen LogP contribution in [0.3, 0.4) is 0 Å². The number of nitrogens with zero attached hydrogens (tertiary/aromatic N) is 2. The average molecular weight is 418 g/mol. The highest BCUT2D eigenvalue weighted by Gasteiger charge is 2.48. The summed E-state index contributed by atoms with van der Waals surface area (Å²) in [6.07, 6.45) is 4.81. The van der Waals surface area contributed by atoms with E-state index in [9.17, 15) is 9.59 Å². The minimum Gasteiger partial charge on any atom is -0.324 e. The maximum absolute atomic E-state index is 13.4. The third kappa shape index (κ3) is 4.14. The van der Waals surface area contributed by atoms with Crippen molar-refractivity contribution in [2.45, 2.75) is 65.5 Å². The second kappa shape index (κ2) is 8.29. The van der Waals surface area contributed by atoms with Crippen LogP contribution in [0.4, 0.5) is 5.69 Å². The van der Waals surface area contributed by atoms with E-state index in [-0.39, 0.29) is 18.4 Å². The van der Waals surface area contributed by atoms with Crippen molar-refractivity contribution in [1.82, 2.24) is 4.90 Å². The molecule has 0 radical (unpaired) electrons. The molecule has 0 bridgehead atoms. The summed E-state index contributed by atoms with van der Waals surface area (Å²) in [6.45, 7) is 8.09. The van der Waals surface area contributed by atoms with Gasteiger partial charge in [-0.1, -0.05) is 53.9 Å². The van der Waals surface area contributed by atoms with Crippen LogP contribution >= 0.6 is 0 Å². The van der Waals surface area contributed by atoms with E-state index < -0.39 is 5.66 Å². The van der Waals surface area contributed by atoms with Gasteiger partial charge in [-0.05, 0) is 64.5 Å². The number of amides is 2. The molecule has 1 aliphatic heterocycles. The van der Waals surface area contributed by atoms with Crippen LogP contribution in [0.25, 0.3) is 0 Å². The average Bonchev–Trinajstić information content (AvgIpc) is 2.98. The van der Waals surface area contributed by atoms with Gasteiger partial charge in [0.25, 0.3) is 5.91 Å². The minimum atomic E-state index is -0.593. The van der Waals surface area contributed by atoms with Crippen LogP contribution in [0.15, 0.2) is 41.4 Å². The summed E-state index contributed by atoms with van der Waals surface area (Å²) in [5.41, 5.74) is 5.92. The molecule has 1 fully saturated rings. The third-order valence-corrected chi connectivity index (χ3v) is 6.49. The van der Waals surface area contributed by atoms with Crippen molar-refractivity contribution in [3.05, 3.63) is 64.2 Å². The number of aryl methyl sites for hydroxylation is 4. The zero-order chi connectivity index (χ0) is 22.2. The van der Waals surface area contributed by atoms with Gasteiger partial charge in [-0.3, -0.25) is 14.6 Å². The molecule has 4 rings (SSSR count). The Morgan fingerprint density at radius 1 is 0.968 bits per heavy atom. The molecule has 1 N–H and O–H groups in total. The topological polar surface area (TPSA) is 61.8 Å². The van der Waals surface area contributed by atoms with Gasteiger partial charge in [0.2, 0.25) is 5.91 Å². The van der Waals surface area contributed by atoms with E-state index in [0.29, 0.717) is 5.71 Å². The molecule has 1 saturated carbocycles. The molecule has 2 aromatic rings. The highest BCUT2D eigenvalue weighted by Crippen LogP contribution is 2.39. The second-order valence-electron chi connectivity index (χ2n) is 9.08. The fourth-order valence-electron chi connectivity index (χ4n) is 4.95. The molecule has 162 valence electrons. The van der Waals surface area contributed by atoms with Gasteiger partial charge in [0.05, 0.1) is 0 Å². The largest absolute Gasteiger partial charge is 0.324 e. The number of rotatable bonds is 4. The van der Waals surface area contributed by atoms with E-state index in [1.807, 2.05) is 52.0 Å². The standard InChI is InChI=1S/C26H31N3O2/c1-17-8-10-21(11-9-17)24-25(31)29(26(28-24)12-6-5-7-13-26)16-22(30)27-23-19(3)14-18(2)15-20(23)4/h8-11,14-15H,5-7,12-13,16H2,1-4H3,(H,27,30). The summed E-state index contributed by atoms with van der Waals surface area (Å²) in [4.78, 5) is 33.2. The predicted octanol–water partition coefficient (Wildman–Crippen LogP) is 4.85. The minimum absolute atomic E-state index is 0.0183. The zero-order valence-electron chi connectivity index (χ0n) is 18.9. The van der Waals surface area contributed by atoms with Crippen LogP contribution in [0, 0.1) is 27.7 Å². The molecule has 2 aliphatic rings. The highest BCUT2D eigenvalue weighted by molar-refractivity contribution is 6.47. The lowest BCUT2D eigenvalue weighted by atomic mass is 9.88. The number of aliphatic imine (C=N–C) groups is 1. The monoisotopic (exact) mass is 417 g/mol. The maximum Gasteiger partial charge on any atom is 0.275 e. The highest BCUT2D eigenvalue weighted by atomic mass is 16.2. The zero-order valence-corrected chi connectivity index (χ0v) is 18.9. The van der Waals surface area contributed by atoms with Crippen LogP contribution in [-0.2, 0) is 9.59 Å². The molecule has 5 nitrogen and oxygen atoms in total. The first-order chi connectivity index (χ1) is 14.8. The van der Waals surface area contributed by atoms with Crippen LogP contribution in [0.5, 0.6) is 0 Å². The molecule has 0 unspecified atom stereocenters. The number of nitrogens with one attached hydrogen (secondary N) is 1. The normalized spacial score (nSPS) is 17.7. The Morgan fingerprint density at radius 3 is 2.19 bits per heavy atom. The van der Waals surface area contributed by atoms with E-state index in [2.05, 4.69) is 17.4 Å². The summed E-state index contributed by atoms with van der Waals surface area (Å²) in [6, 6.07) is 12.0. The number of hydrogen-bond acceptors (Lipinski definition) is 3. The van der Waals surface area contributed by atoms with Crippen LogP contribution in [0.1, 0.15) is 59.9 Å². The van der Waals surface area contributed by atoms with Crippen LogP contribution < -0.4 is 5.32 Å². The lowest BCUT2D eigenvalue weighted by Crippen LogP contribution is -2.51. The molecule has 1 spiro atoms. The molecule has 2 aromatic carbocycles. The Labute approximate surface area is 184 Å². The number of benzene rings is 2.